The summed E-state index contributed by atoms with van der Waals surface area (Å²) in [6.45, 7) is 9.03. The lowest BCUT2D eigenvalue weighted by atomic mass is 9.81. The van der Waals surface area contributed by atoms with E-state index < -0.39 is 0 Å². The zero-order chi connectivity index (χ0) is 13.7. The van der Waals surface area contributed by atoms with Crippen molar-refractivity contribution in [1.29, 1.82) is 0 Å². The van der Waals surface area contributed by atoms with Crippen LogP contribution in [-0.2, 0) is 5.41 Å². The third-order valence-electron chi connectivity index (χ3n) is 4.12. The summed E-state index contributed by atoms with van der Waals surface area (Å²) in [5.41, 5.74) is 1.64. The van der Waals surface area contributed by atoms with Crippen LogP contribution < -0.4 is 5.32 Å². The minimum absolute atomic E-state index is 0.195. The van der Waals surface area contributed by atoms with Gasteiger partial charge in [0.25, 0.3) is 0 Å². The lowest BCUT2D eigenvalue weighted by molar-refractivity contribution is 0.242. The maximum Gasteiger partial charge on any atom is 0.0176 e. The molecule has 1 N–H and O–H groups in total. The fourth-order valence-corrected chi connectivity index (χ4v) is 2.89. The lowest BCUT2D eigenvalue weighted by Crippen LogP contribution is -2.44. The zero-order valence-electron chi connectivity index (χ0n) is 12.7. The first-order valence-electron chi connectivity index (χ1n) is 7.59. The lowest BCUT2D eigenvalue weighted by Gasteiger charge is -2.35. The zero-order valence-corrected chi connectivity index (χ0v) is 12.7. The Balaban J connectivity index is 2.04. The quantitative estimate of drug-likeness (QED) is 0.773. The van der Waals surface area contributed by atoms with Gasteiger partial charge < -0.3 is 10.2 Å². The number of nitrogens with one attached hydrogen (secondary N) is 1. The maximum atomic E-state index is 3.53. The average Bonchev–Trinajstić information content (AvgIpc) is 3.21. The highest BCUT2D eigenvalue weighted by Gasteiger charge is 2.30. The van der Waals surface area contributed by atoms with Crippen LogP contribution in [0, 0.1) is 5.92 Å². The smallest absolute Gasteiger partial charge is 0.0176 e. The molecule has 0 saturated heterocycles. The second kappa shape index (κ2) is 6.53. The molecular formula is C17H28N2. The van der Waals surface area contributed by atoms with Crippen LogP contribution in [0.2, 0.25) is 0 Å². The standard InChI is InChI=1S/C17H28N2/c1-4-18-13-17(2,16-8-6-5-7-9-16)14-19(3)12-15-10-11-15/h5-9,15,18H,4,10-14H2,1-3H3. The van der Waals surface area contributed by atoms with Crippen LogP contribution in [0.1, 0.15) is 32.3 Å². The van der Waals surface area contributed by atoms with Crippen molar-refractivity contribution in [2.45, 2.75) is 32.1 Å². The van der Waals surface area contributed by atoms with Gasteiger partial charge in [0, 0.05) is 25.0 Å². The Morgan fingerprint density at radius 2 is 1.95 bits per heavy atom. The second-order valence-corrected chi connectivity index (χ2v) is 6.35. The molecule has 2 heteroatoms. The number of nitrogens with zero attached hydrogens (tertiary/aromatic N) is 1. The van der Waals surface area contributed by atoms with E-state index in [1.54, 1.807) is 0 Å². The van der Waals surface area contributed by atoms with Crippen LogP contribution in [0.5, 0.6) is 0 Å². The topological polar surface area (TPSA) is 15.3 Å². The molecule has 1 fully saturated rings. The van der Waals surface area contributed by atoms with E-state index >= 15 is 0 Å². The van der Waals surface area contributed by atoms with Crippen molar-refractivity contribution < 1.29 is 0 Å². The molecule has 1 atom stereocenters. The van der Waals surface area contributed by atoms with Gasteiger partial charge in [-0.05, 0) is 37.9 Å². The van der Waals surface area contributed by atoms with E-state index in [0.717, 1.165) is 25.6 Å². The first-order chi connectivity index (χ1) is 9.14. The van der Waals surface area contributed by atoms with Gasteiger partial charge in [0.15, 0.2) is 0 Å². The molecule has 0 amide bonds. The van der Waals surface area contributed by atoms with Crippen molar-refractivity contribution in [1.82, 2.24) is 10.2 Å². The van der Waals surface area contributed by atoms with E-state index in [1.165, 1.54) is 24.9 Å². The van der Waals surface area contributed by atoms with Crippen LogP contribution in [0.3, 0.4) is 0 Å². The molecule has 106 valence electrons. The Bertz CT molecular complexity index is 372. The Kier molecular flexibility index (Phi) is 5.00. The first kappa shape index (κ1) is 14.5. The van der Waals surface area contributed by atoms with Gasteiger partial charge in [-0.2, -0.15) is 0 Å². The third-order valence-corrected chi connectivity index (χ3v) is 4.12. The minimum Gasteiger partial charge on any atom is -0.316 e. The molecule has 2 rings (SSSR count). The van der Waals surface area contributed by atoms with Crippen molar-refractivity contribution in [3.63, 3.8) is 0 Å². The van der Waals surface area contributed by atoms with Crippen molar-refractivity contribution in [3.8, 4) is 0 Å². The van der Waals surface area contributed by atoms with Crippen LogP contribution in [0.15, 0.2) is 30.3 Å². The molecular weight excluding hydrogens is 232 g/mol. The molecule has 1 aromatic rings. The molecule has 1 aliphatic rings. The van der Waals surface area contributed by atoms with Crippen molar-refractivity contribution >= 4 is 0 Å². The van der Waals surface area contributed by atoms with E-state index in [1.807, 2.05) is 0 Å². The summed E-state index contributed by atoms with van der Waals surface area (Å²) in [7, 11) is 2.27. The first-order valence-corrected chi connectivity index (χ1v) is 7.59. The summed E-state index contributed by atoms with van der Waals surface area (Å²) in [6.07, 6.45) is 2.86. The molecule has 1 aliphatic carbocycles. The highest BCUT2D eigenvalue weighted by molar-refractivity contribution is 5.25. The van der Waals surface area contributed by atoms with Crippen molar-refractivity contribution in [2.24, 2.45) is 5.92 Å². The maximum absolute atomic E-state index is 3.53. The molecule has 1 saturated carbocycles. The number of hydrogen-bond acceptors (Lipinski definition) is 2. The Labute approximate surface area is 118 Å². The van der Waals surface area contributed by atoms with Gasteiger partial charge in [0.1, 0.15) is 0 Å². The van der Waals surface area contributed by atoms with Crippen LogP contribution >= 0.6 is 0 Å². The summed E-state index contributed by atoms with van der Waals surface area (Å²) >= 11 is 0. The molecule has 0 aromatic heterocycles. The van der Waals surface area contributed by atoms with Crippen LogP contribution in [-0.4, -0.2) is 38.1 Å². The monoisotopic (exact) mass is 260 g/mol. The van der Waals surface area contributed by atoms with Gasteiger partial charge in [0.05, 0.1) is 0 Å². The van der Waals surface area contributed by atoms with E-state index in [2.05, 4.69) is 61.4 Å². The fraction of sp³-hybridized carbons (Fsp3) is 0.647. The number of benzene rings is 1. The molecule has 19 heavy (non-hydrogen) atoms. The second-order valence-electron chi connectivity index (χ2n) is 6.35. The van der Waals surface area contributed by atoms with E-state index in [-0.39, 0.29) is 5.41 Å². The number of rotatable bonds is 8. The molecule has 0 aliphatic heterocycles. The summed E-state index contributed by atoms with van der Waals surface area (Å²) < 4.78 is 0. The molecule has 0 radical (unpaired) electrons. The number of hydrogen-bond donors (Lipinski definition) is 1. The van der Waals surface area contributed by atoms with Gasteiger partial charge in [0.2, 0.25) is 0 Å². The molecule has 0 heterocycles. The summed E-state index contributed by atoms with van der Waals surface area (Å²) in [5, 5.41) is 3.53. The van der Waals surface area contributed by atoms with Crippen LogP contribution in [0.25, 0.3) is 0 Å². The average molecular weight is 260 g/mol. The molecule has 1 unspecified atom stereocenters. The summed E-state index contributed by atoms with van der Waals surface area (Å²) in [5.74, 6) is 0.962. The molecule has 0 bridgehead atoms. The number of likely N-dealkylation sites (N-methyl/N-ethyl adjacent to an activating group) is 2. The van der Waals surface area contributed by atoms with Gasteiger partial charge >= 0.3 is 0 Å². The normalized spacial score (nSPS) is 18.5. The Hall–Kier alpha value is -0.860. The van der Waals surface area contributed by atoms with E-state index in [9.17, 15) is 0 Å². The Morgan fingerprint density at radius 1 is 1.26 bits per heavy atom. The van der Waals surface area contributed by atoms with Crippen LogP contribution in [0.4, 0.5) is 0 Å². The van der Waals surface area contributed by atoms with Crippen molar-refractivity contribution in [3.05, 3.63) is 35.9 Å². The highest BCUT2D eigenvalue weighted by Crippen LogP contribution is 2.31. The SMILES string of the molecule is CCNCC(C)(CN(C)CC1CC1)c1ccccc1. The van der Waals surface area contributed by atoms with Gasteiger partial charge in [-0.25, -0.2) is 0 Å². The van der Waals surface area contributed by atoms with Gasteiger partial charge in [-0.1, -0.05) is 44.2 Å². The summed E-state index contributed by atoms with van der Waals surface area (Å²) in [6, 6.07) is 10.9. The van der Waals surface area contributed by atoms with Gasteiger partial charge in [-0.15, -0.1) is 0 Å². The largest absolute Gasteiger partial charge is 0.316 e. The van der Waals surface area contributed by atoms with Gasteiger partial charge in [-0.3, -0.25) is 0 Å². The molecule has 0 spiro atoms. The Morgan fingerprint density at radius 3 is 2.53 bits per heavy atom. The third kappa shape index (κ3) is 4.32. The highest BCUT2D eigenvalue weighted by atomic mass is 15.1. The minimum atomic E-state index is 0.195. The predicted molar refractivity (Wildman–Crippen MR) is 82.6 cm³/mol. The summed E-state index contributed by atoms with van der Waals surface area (Å²) in [4.78, 5) is 2.52. The molecule has 2 nitrogen and oxygen atoms in total. The molecule has 1 aromatic carbocycles. The van der Waals surface area contributed by atoms with E-state index in [4.69, 9.17) is 0 Å². The fourth-order valence-electron chi connectivity index (χ4n) is 2.89. The van der Waals surface area contributed by atoms with Crippen molar-refractivity contribution in [2.75, 3.05) is 33.2 Å². The predicted octanol–water partition coefficient (Wildman–Crippen LogP) is 2.90. The van der Waals surface area contributed by atoms with E-state index in [0.29, 0.717) is 0 Å².